The highest BCUT2D eigenvalue weighted by Crippen LogP contribution is 2.12. The normalized spacial score (nSPS) is 18.6. The molecule has 1 rings (SSSR count). The fourth-order valence-corrected chi connectivity index (χ4v) is 1.58. The summed E-state index contributed by atoms with van der Waals surface area (Å²) in [6.07, 6.45) is -0.0332. The van der Waals surface area contributed by atoms with Crippen molar-refractivity contribution in [2.24, 2.45) is 5.92 Å². The van der Waals surface area contributed by atoms with Crippen LogP contribution in [0.25, 0.3) is 0 Å². The standard InChI is InChI=1S/C9H12N2O6/c12-6-1-5(2-10-6)9(17)11(3-7(13)14)4-8(15)16/h5H,1-4H2,(H,10,12)(H,13,14)(H,15,16). The van der Waals surface area contributed by atoms with Crippen molar-refractivity contribution in [1.29, 1.82) is 0 Å². The molecule has 0 saturated carbocycles. The van der Waals surface area contributed by atoms with E-state index in [1.807, 2.05) is 0 Å². The summed E-state index contributed by atoms with van der Waals surface area (Å²) in [5, 5.41) is 19.6. The van der Waals surface area contributed by atoms with Gasteiger partial charge >= 0.3 is 11.9 Å². The molecule has 1 unspecified atom stereocenters. The minimum atomic E-state index is -1.29. The smallest absolute Gasteiger partial charge is 0.323 e. The molecule has 0 spiro atoms. The van der Waals surface area contributed by atoms with E-state index in [0.29, 0.717) is 0 Å². The van der Waals surface area contributed by atoms with Crippen LogP contribution in [-0.2, 0) is 19.2 Å². The number of rotatable bonds is 5. The molecule has 8 nitrogen and oxygen atoms in total. The van der Waals surface area contributed by atoms with Crippen LogP contribution in [0.1, 0.15) is 6.42 Å². The van der Waals surface area contributed by atoms with E-state index >= 15 is 0 Å². The maximum atomic E-state index is 11.8. The first-order valence-electron chi connectivity index (χ1n) is 4.89. The fraction of sp³-hybridized carbons (Fsp3) is 0.556. The average Bonchev–Trinajstić information content (AvgIpc) is 2.61. The number of aliphatic carboxylic acids is 2. The van der Waals surface area contributed by atoms with E-state index in [0.717, 1.165) is 4.90 Å². The van der Waals surface area contributed by atoms with Crippen molar-refractivity contribution in [3.8, 4) is 0 Å². The third kappa shape index (κ3) is 3.74. The number of carbonyl (C=O) groups excluding carboxylic acids is 2. The average molecular weight is 244 g/mol. The molecule has 1 saturated heterocycles. The third-order valence-electron chi connectivity index (χ3n) is 2.29. The summed E-state index contributed by atoms with van der Waals surface area (Å²) in [5.41, 5.74) is 0. The van der Waals surface area contributed by atoms with Crippen LogP contribution in [-0.4, -0.2) is 58.5 Å². The summed E-state index contributed by atoms with van der Waals surface area (Å²) in [6, 6.07) is 0. The van der Waals surface area contributed by atoms with Crippen molar-refractivity contribution < 1.29 is 29.4 Å². The Hall–Kier alpha value is -2.12. The molecule has 1 fully saturated rings. The predicted molar refractivity (Wildman–Crippen MR) is 53.0 cm³/mol. The second kappa shape index (κ2) is 5.28. The molecular weight excluding hydrogens is 232 g/mol. The summed E-state index contributed by atoms with van der Waals surface area (Å²) in [5.74, 6) is -4.20. The summed E-state index contributed by atoms with van der Waals surface area (Å²) in [7, 11) is 0. The van der Waals surface area contributed by atoms with Gasteiger partial charge in [-0.15, -0.1) is 0 Å². The van der Waals surface area contributed by atoms with Crippen LogP contribution in [0.5, 0.6) is 0 Å². The molecule has 0 bridgehead atoms. The van der Waals surface area contributed by atoms with Crippen LogP contribution < -0.4 is 5.32 Å². The van der Waals surface area contributed by atoms with Gasteiger partial charge in [-0.1, -0.05) is 0 Å². The van der Waals surface area contributed by atoms with Crippen LogP contribution in [0.3, 0.4) is 0 Å². The SMILES string of the molecule is O=C(O)CN(CC(=O)O)C(=O)C1CNC(=O)C1. The Bertz CT molecular complexity index is 350. The van der Waals surface area contributed by atoms with Crippen LogP contribution in [0.15, 0.2) is 0 Å². The Kier molecular flexibility index (Phi) is 4.02. The van der Waals surface area contributed by atoms with E-state index in [9.17, 15) is 19.2 Å². The Morgan fingerprint density at radius 1 is 1.24 bits per heavy atom. The number of amides is 2. The molecular formula is C9H12N2O6. The third-order valence-corrected chi connectivity index (χ3v) is 2.29. The van der Waals surface area contributed by atoms with E-state index in [4.69, 9.17) is 10.2 Å². The molecule has 0 aromatic rings. The minimum Gasteiger partial charge on any atom is -0.480 e. The zero-order chi connectivity index (χ0) is 13.0. The molecule has 0 aromatic heterocycles. The Labute approximate surface area is 96.2 Å². The molecule has 17 heavy (non-hydrogen) atoms. The number of hydrogen-bond acceptors (Lipinski definition) is 4. The second-order valence-electron chi connectivity index (χ2n) is 3.69. The molecule has 3 N–H and O–H groups in total. The van der Waals surface area contributed by atoms with Crippen LogP contribution in [0, 0.1) is 5.92 Å². The zero-order valence-corrected chi connectivity index (χ0v) is 8.88. The van der Waals surface area contributed by atoms with E-state index in [2.05, 4.69) is 5.32 Å². The molecule has 0 radical (unpaired) electrons. The van der Waals surface area contributed by atoms with Crippen LogP contribution in [0.2, 0.25) is 0 Å². The van der Waals surface area contributed by atoms with Crippen molar-refractivity contribution in [1.82, 2.24) is 10.2 Å². The molecule has 0 aromatic carbocycles. The monoisotopic (exact) mass is 244 g/mol. The number of nitrogens with zero attached hydrogens (tertiary/aromatic N) is 1. The van der Waals surface area contributed by atoms with E-state index < -0.39 is 36.9 Å². The number of carboxylic acids is 2. The number of carboxylic acid groups (broad SMARTS) is 2. The van der Waals surface area contributed by atoms with Crippen LogP contribution in [0.4, 0.5) is 0 Å². The van der Waals surface area contributed by atoms with Gasteiger partial charge in [0.2, 0.25) is 11.8 Å². The highest BCUT2D eigenvalue weighted by Gasteiger charge is 2.32. The van der Waals surface area contributed by atoms with Gasteiger partial charge in [0.1, 0.15) is 13.1 Å². The largest absolute Gasteiger partial charge is 0.480 e. The zero-order valence-electron chi connectivity index (χ0n) is 8.88. The minimum absolute atomic E-state index is 0.0332. The maximum absolute atomic E-state index is 11.8. The lowest BCUT2D eigenvalue weighted by atomic mass is 10.1. The molecule has 2 amide bonds. The van der Waals surface area contributed by atoms with Crippen molar-refractivity contribution in [3.63, 3.8) is 0 Å². The van der Waals surface area contributed by atoms with Gasteiger partial charge in [-0.25, -0.2) is 0 Å². The lowest BCUT2D eigenvalue weighted by Crippen LogP contribution is -2.43. The van der Waals surface area contributed by atoms with Gasteiger partial charge in [0.05, 0.1) is 5.92 Å². The van der Waals surface area contributed by atoms with Gasteiger partial charge in [-0.05, 0) is 0 Å². The van der Waals surface area contributed by atoms with E-state index in [1.54, 1.807) is 0 Å². The molecule has 1 aliphatic heterocycles. The predicted octanol–water partition coefficient (Wildman–Crippen LogP) is -1.88. The molecule has 1 atom stereocenters. The van der Waals surface area contributed by atoms with Gasteiger partial charge in [-0.3, -0.25) is 19.2 Å². The second-order valence-corrected chi connectivity index (χ2v) is 3.69. The number of nitrogens with one attached hydrogen (secondary N) is 1. The van der Waals surface area contributed by atoms with Crippen molar-refractivity contribution >= 4 is 23.8 Å². The fourth-order valence-electron chi connectivity index (χ4n) is 1.58. The highest BCUT2D eigenvalue weighted by molar-refractivity contribution is 5.92. The molecule has 1 aliphatic rings. The molecule has 94 valence electrons. The summed E-state index contributed by atoms with van der Waals surface area (Å²) < 4.78 is 0. The van der Waals surface area contributed by atoms with Gasteiger partial charge in [0.15, 0.2) is 0 Å². The lowest BCUT2D eigenvalue weighted by Gasteiger charge is -2.21. The summed E-state index contributed by atoms with van der Waals surface area (Å²) >= 11 is 0. The van der Waals surface area contributed by atoms with Crippen molar-refractivity contribution in [3.05, 3.63) is 0 Å². The lowest BCUT2D eigenvalue weighted by molar-refractivity contribution is -0.150. The summed E-state index contributed by atoms with van der Waals surface area (Å²) in [4.78, 5) is 44.4. The van der Waals surface area contributed by atoms with Crippen LogP contribution >= 0.6 is 0 Å². The van der Waals surface area contributed by atoms with Gasteiger partial charge in [0, 0.05) is 13.0 Å². The Balaban J connectivity index is 2.67. The molecule has 8 heteroatoms. The van der Waals surface area contributed by atoms with Gasteiger partial charge in [-0.2, -0.15) is 0 Å². The van der Waals surface area contributed by atoms with E-state index in [1.165, 1.54) is 0 Å². The first-order valence-corrected chi connectivity index (χ1v) is 4.89. The van der Waals surface area contributed by atoms with E-state index in [-0.39, 0.29) is 18.9 Å². The van der Waals surface area contributed by atoms with Gasteiger partial charge in [0.25, 0.3) is 0 Å². The quantitative estimate of drug-likeness (QED) is 0.520. The first kappa shape index (κ1) is 12.9. The highest BCUT2D eigenvalue weighted by atomic mass is 16.4. The Morgan fingerprint density at radius 3 is 2.12 bits per heavy atom. The number of carbonyl (C=O) groups is 4. The van der Waals surface area contributed by atoms with Gasteiger partial charge < -0.3 is 20.4 Å². The summed E-state index contributed by atoms with van der Waals surface area (Å²) in [6.45, 7) is -1.25. The molecule has 0 aliphatic carbocycles. The molecule has 1 heterocycles. The van der Waals surface area contributed by atoms with Crippen molar-refractivity contribution in [2.75, 3.05) is 19.6 Å². The Morgan fingerprint density at radius 2 is 1.76 bits per heavy atom. The topological polar surface area (TPSA) is 124 Å². The first-order chi connectivity index (χ1) is 7.90. The number of hydrogen-bond donors (Lipinski definition) is 3. The van der Waals surface area contributed by atoms with Crippen molar-refractivity contribution in [2.45, 2.75) is 6.42 Å². The maximum Gasteiger partial charge on any atom is 0.323 e.